The van der Waals surface area contributed by atoms with Crippen LogP contribution in [0.3, 0.4) is 0 Å². The summed E-state index contributed by atoms with van der Waals surface area (Å²) in [6.45, 7) is 8.23. The summed E-state index contributed by atoms with van der Waals surface area (Å²) in [5.41, 5.74) is 0. The molecule has 3 heterocycles. The fourth-order valence-corrected chi connectivity index (χ4v) is 3.21. The lowest BCUT2D eigenvalue weighted by atomic mass is 10.0. The summed E-state index contributed by atoms with van der Waals surface area (Å²) in [7, 11) is 2.05. The molecule has 7 heteroatoms. The molecule has 3 rings (SSSR count). The van der Waals surface area contributed by atoms with Crippen LogP contribution in [0.2, 0.25) is 0 Å². The molecule has 1 fully saturated rings. The molecule has 2 aromatic heterocycles. The largest absolute Gasteiger partial charge is 0.317 e. The van der Waals surface area contributed by atoms with Gasteiger partial charge in [0.15, 0.2) is 5.82 Å². The predicted octanol–water partition coefficient (Wildman–Crippen LogP) is 2.35. The Bertz CT molecular complexity index is 643. The molecule has 1 aliphatic rings. The molecule has 0 radical (unpaired) electrons. The number of rotatable bonds is 5. The van der Waals surface area contributed by atoms with Gasteiger partial charge in [0, 0.05) is 19.4 Å². The highest BCUT2D eigenvalue weighted by atomic mass is 15.3. The number of hydrogen-bond acceptors (Lipinski definition) is 5. The zero-order valence-corrected chi connectivity index (χ0v) is 14.6. The number of aryl methyl sites for hydroxylation is 1. The van der Waals surface area contributed by atoms with E-state index in [9.17, 15) is 0 Å². The predicted molar refractivity (Wildman–Crippen MR) is 87.9 cm³/mol. The summed E-state index contributed by atoms with van der Waals surface area (Å²) in [4.78, 5) is 7.17. The number of nitrogens with one attached hydrogen (secondary N) is 1. The van der Waals surface area contributed by atoms with Gasteiger partial charge >= 0.3 is 0 Å². The van der Waals surface area contributed by atoms with Crippen molar-refractivity contribution in [2.24, 2.45) is 7.05 Å². The van der Waals surface area contributed by atoms with Gasteiger partial charge in [-0.15, -0.1) is 10.2 Å². The van der Waals surface area contributed by atoms with Crippen LogP contribution < -0.4 is 0 Å². The highest BCUT2D eigenvalue weighted by Crippen LogP contribution is 2.30. The molecule has 126 valence electrons. The lowest BCUT2D eigenvalue weighted by Gasteiger charge is -2.33. The lowest BCUT2D eigenvalue weighted by molar-refractivity contribution is 0.129. The van der Waals surface area contributed by atoms with E-state index in [1.165, 1.54) is 12.8 Å². The van der Waals surface area contributed by atoms with Crippen LogP contribution in [-0.2, 0) is 20.0 Å². The third kappa shape index (κ3) is 3.29. The van der Waals surface area contributed by atoms with Crippen molar-refractivity contribution in [3.8, 4) is 0 Å². The lowest BCUT2D eigenvalue weighted by Crippen LogP contribution is -2.34. The standard InChI is InChI=1S/C16H27N7/c1-5-13-18-19-14(22(13)4)10-23-9-7-6-8-12(23)16-17-15(11(2)3)20-21-16/h11-12H,5-10H2,1-4H3,(H,17,20,21)/t12-/m0/s1. The Balaban J connectivity index is 1.79. The van der Waals surface area contributed by atoms with Gasteiger partial charge in [0.25, 0.3) is 0 Å². The summed E-state index contributed by atoms with van der Waals surface area (Å²) in [6.07, 6.45) is 4.48. The van der Waals surface area contributed by atoms with Crippen molar-refractivity contribution in [3.63, 3.8) is 0 Å². The van der Waals surface area contributed by atoms with Crippen LogP contribution in [0.4, 0.5) is 0 Å². The van der Waals surface area contributed by atoms with E-state index >= 15 is 0 Å². The molecular weight excluding hydrogens is 290 g/mol. The minimum Gasteiger partial charge on any atom is -0.317 e. The van der Waals surface area contributed by atoms with Crippen LogP contribution >= 0.6 is 0 Å². The minimum atomic E-state index is 0.297. The molecule has 0 saturated carbocycles. The van der Waals surface area contributed by atoms with Crippen molar-refractivity contribution in [2.45, 2.75) is 65.0 Å². The smallest absolute Gasteiger partial charge is 0.153 e. The molecule has 0 unspecified atom stereocenters. The average Bonchev–Trinajstić information content (AvgIpc) is 3.16. The van der Waals surface area contributed by atoms with Gasteiger partial charge in [0.1, 0.15) is 17.5 Å². The number of aromatic amines is 1. The highest BCUT2D eigenvalue weighted by Gasteiger charge is 2.28. The fraction of sp³-hybridized carbons (Fsp3) is 0.750. The summed E-state index contributed by atoms with van der Waals surface area (Å²) < 4.78 is 2.12. The van der Waals surface area contributed by atoms with Gasteiger partial charge in [-0.2, -0.15) is 5.10 Å². The Morgan fingerprint density at radius 2 is 2.00 bits per heavy atom. The Morgan fingerprint density at radius 1 is 1.22 bits per heavy atom. The average molecular weight is 317 g/mol. The third-order valence-electron chi connectivity index (χ3n) is 4.68. The molecule has 1 N–H and O–H groups in total. The first-order valence-electron chi connectivity index (χ1n) is 8.63. The number of aromatic nitrogens is 6. The Hall–Kier alpha value is -1.76. The number of hydrogen-bond donors (Lipinski definition) is 1. The summed E-state index contributed by atoms with van der Waals surface area (Å²) >= 11 is 0. The number of nitrogens with zero attached hydrogens (tertiary/aromatic N) is 6. The van der Waals surface area contributed by atoms with E-state index in [1.807, 2.05) is 0 Å². The second-order valence-electron chi connectivity index (χ2n) is 6.66. The van der Waals surface area contributed by atoms with Gasteiger partial charge in [-0.05, 0) is 19.4 Å². The van der Waals surface area contributed by atoms with Gasteiger partial charge in [0.05, 0.1) is 12.6 Å². The van der Waals surface area contributed by atoms with Crippen LogP contribution in [-0.4, -0.2) is 41.4 Å². The Labute approximate surface area is 137 Å². The second-order valence-corrected chi connectivity index (χ2v) is 6.66. The van der Waals surface area contributed by atoms with Crippen molar-refractivity contribution in [2.75, 3.05) is 6.54 Å². The first-order chi connectivity index (χ1) is 11.1. The van der Waals surface area contributed by atoms with E-state index in [4.69, 9.17) is 4.98 Å². The zero-order chi connectivity index (χ0) is 16.4. The quantitative estimate of drug-likeness (QED) is 0.916. The van der Waals surface area contributed by atoms with Crippen LogP contribution in [0, 0.1) is 0 Å². The maximum atomic E-state index is 4.72. The zero-order valence-electron chi connectivity index (χ0n) is 14.6. The molecular formula is C16H27N7. The van der Waals surface area contributed by atoms with Crippen LogP contribution in [0.25, 0.3) is 0 Å². The Kier molecular flexibility index (Phi) is 4.75. The van der Waals surface area contributed by atoms with Crippen molar-refractivity contribution in [1.29, 1.82) is 0 Å². The van der Waals surface area contributed by atoms with Crippen LogP contribution in [0.1, 0.15) is 75.3 Å². The topological polar surface area (TPSA) is 75.5 Å². The normalized spacial score (nSPS) is 19.6. The highest BCUT2D eigenvalue weighted by molar-refractivity contribution is 5.03. The monoisotopic (exact) mass is 317 g/mol. The number of H-pyrrole nitrogens is 1. The van der Waals surface area contributed by atoms with Gasteiger partial charge in [-0.1, -0.05) is 27.2 Å². The van der Waals surface area contributed by atoms with E-state index < -0.39 is 0 Å². The molecule has 23 heavy (non-hydrogen) atoms. The molecule has 0 aliphatic carbocycles. The van der Waals surface area contributed by atoms with E-state index in [0.717, 1.165) is 49.2 Å². The van der Waals surface area contributed by atoms with Crippen LogP contribution in [0.5, 0.6) is 0 Å². The molecule has 1 saturated heterocycles. The molecule has 1 atom stereocenters. The van der Waals surface area contributed by atoms with Gasteiger partial charge in [-0.25, -0.2) is 4.98 Å². The molecule has 0 aromatic carbocycles. The molecule has 7 nitrogen and oxygen atoms in total. The van der Waals surface area contributed by atoms with E-state index in [1.54, 1.807) is 0 Å². The summed E-state index contributed by atoms with van der Waals surface area (Å²) in [5, 5.41) is 16.2. The summed E-state index contributed by atoms with van der Waals surface area (Å²) in [6, 6.07) is 0.297. The fourth-order valence-electron chi connectivity index (χ4n) is 3.21. The minimum absolute atomic E-state index is 0.297. The third-order valence-corrected chi connectivity index (χ3v) is 4.68. The van der Waals surface area contributed by atoms with Crippen molar-refractivity contribution < 1.29 is 0 Å². The van der Waals surface area contributed by atoms with Gasteiger partial charge in [0.2, 0.25) is 0 Å². The first-order valence-corrected chi connectivity index (χ1v) is 8.63. The van der Waals surface area contributed by atoms with Gasteiger partial charge < -0.3 is 4.57 Å². The summed E-state index contributed by atoms with van der Waals surface area (Å²) in [5.74, 6) is 4.30. The van der Waals surface area contributed by atoms with E-state index in [2.05, 4.69) is 57.7 Å². The molecule has 0 spiro atoms. The maximum Gasteiger partial charge on any atom is 0.153 e. The van der Waals surface area contributed by atoms with E-state index in [-0.39, 0.29) is 0 Å². The second kappa shape index (κ2) is 6.78. The molecule has 0 bridgehead atoms. The van der Waals surface area contributed by atoms with Crippen LogP contribution in [0.15, 0.2) is 0 Å². The van der Waals surface area contributed by atoms with Crippen molar-refractivity contribution in [1.82, 2.24) is 34.8 Å². The van der Waals surface area contributed by atoms with E-state index in [0.29, 0.717) is 12.0 Å². The van der Waals surface area contributed by atoms with Crippen molar-refractivity contribution in [3.05, 3.63) is 23.3 Å². The molecule has 0 amide bonds. The Morgan fingerprint density at radius 3 is 2.65 bits per heavy atom. The molecule has 1 aliphatic heterocycles. The molecule has 2 aromatic rings. The van der Waals surface area contributed by atoms with Gasteiger partial charge in [-0.3, -0.25) is 10.00 Å². The maximum absolute atomic E-state index is 4.72. The van der Waals surface area contributed by atoms with Crippen molar-refractivity contribution >= 4 is 0 Å². The first kappa shape index (κ1) is 16.1. The number of likely N-dealkylation sites (tertiary alicyclic amines) is 1. The number of piperidine rings is 1. The SMILES string of the molecule is CCc1nnc(CN2CCCC[C@H]2c2nc(C(C)C)n[nH]2)n1C.